The summed E-state index contributed by atoms with van der Waals surface area (Å²) in [7, 11) is 0. The number of aromatic nitrogens is 2. The Morgan fingerprint density at radius 2 is 2.11 bits per heavy atom. The third-order valence-electron chi connectivity index (χ3n) is 2.37. The Morgan fingerprint density at radius 3 is 2.68 bits per heavy atom. The van der Waals surface area contributed by atoms with Gasteiger partial charge in [0.1, 0.15) is 11.6 Å². The minimum Gasteiger partial charge on any atom is -0.493 e. The van der Waals surface area contributed by atoms with Gasteiger partial charge in [-0.2, -0.15) is 13.2 Å². The molecule has 0 saturated carbocycles. The van der Waals surface area contributed by atoms with Gasteiger partial charge < -0.3 is 9.72 Å². The van der Waals surface area contributed by atoms with Crippen molar-refractivity contribution in [3.05, 3.63) is 34.6 Å². The van der Waals surface area contributed by atoms with Crippen molar-refractivity contribution in [1.29, 1.82) is 0 Å². The predicted molar refractivity (Wildman–Crippen MR) is 67.9 cm³/mol. The van der Waals surface area contributed by atoms with Gasteiger partial charge in [-0.25, -0.2) is 4.98 Å². The number of imidazole rings is 1. The average Bonchev–Trinajstić information content (AvgIpc) is 2.78. The first-order chi connectivity index (χ1) is 8.91. The first-order valence-electron chi connectivity index (χ1n) is 5.47. The highest BCUT2D eigenvalue weighted by Gasteiger charge is 2.34. The van der Waals surface area contributed by atoms with Crippen LogP contribution in [0, 0.1) is 0 Å². The molecule has 102 valence electrons. The zero-order valence-electron chi connectivity index (χ0n) is 9.88. The smallest absolute Gasteiger partial charge is 0.434 e. The van der Waals surface area contributed by atoms with Crippen molar-refractivity contribution in [2.45, 2.75) is 13.1 Å². The molecule has 0 aliphatic heterocycles. The van der Waals surface area contributed by atoms with Crippen LogP contribution in [0.15, 0.2) is 28.9 Å². The third-order valence-corrected chi connectivity index (χ3v) is 2.86. The van der Waals surface area contributed by atoms with E-state index in [0.29, 0.717) is 17.9 Å². The maximum atomic E-state index is 12.5. The summed E-state index contributed by atoms with van der Waals surface area (Å²) in [5, 5.41) is 0. The van der Waals surface area contributed by atoms with Crippen LogP contribution in [0.3, 0.4) is 0 Å². The summed E-state index contributed by atoms with van der Waals surface area (Å²) >= 11 is 3.29. The van der Waals surface area contributed by atoms with Gasteiger partial charge in [0.05, 0.1) is 12.2 Å². The van der Waals surface area contributed by atoms with Crippen LogP contribution in [0.5, 0.6) is 5.75 Å². The monoisotopic (exact) mass is 334 g/mol. The number of nitrogens with one attached hydrogen (secondary N) is 1. The minimum atomic E-state index is -4.46. The van der Waals surface area contributed by atoms with Gasteiger partial charge in [-0.15, -0.1) is 0 Å². The number of alkyl halides is 3. The van der Waals surface area contributed by atoms with Crippen molar-refractivity contribution in [1.82, 2.24) is 9.97 Å². The average molecular weight is 335 g/mol. The number of nitrogens with zero attached hydrogens (tertiary/aromatic N) is 1. The number of H-pyrrole nitrogens is 1. The molecule has 0 bridgehead atoms. The molecular formula is C12H10BrF3N2O. The summed E-state index contributed by atoms with van der Waals surface area (Å²) in [5.41, 5.74) is -0.464. The first-order valence-corrected chi connectivity index (χ1v) is 6.26. The number of hydrogen-bond acceptors (Lipinski definition) is 2. The van der Waals surface area contributed by atoms with Crippen molar-refractivity contribution in [3.8, 4) is 17.1 Å². The largest absolute Gasteiger partial charge is 0.493 e. The summed E-state index contributed by atoms with van der Waals surface area (Å²) in [5.74, 6) is 0.600. The predicted octanol–water partition coefficient (Wildman–Crippen LogP) is 4.26. The summed E-state index contributed by atoms with van der Waals surface area (Å²) in [6.07, 6.45) is -3.62. The highest BCUT2D eigenvalue weighted by atomic mass is 79.9. The van der Waals surface area contributed by atoms with Gasteiger partial charge in [0.15, 0.2) is 5.69 Å². The molecular weight excluding hydrogens is 325 g/mol. The number of benzene rings is 1. The van der Waals surface area contributed by atoms with Crippen LogP contribution in [0.4, 0.5) is 13.2 Å². The molecule has 1 N–H and O–H groups in total. The van der Waals surface area contributed by atoms with Crippen LogP contribution < -0.4 is 4.74 Å². The second-order valence-electron chi connectivity index (χ2n) is 3.71. The van der Waals surface area contributed by atoms with E-state index in [1.807, 2.05) is 0 Å². The number of ether oxygens (including phenoxy) is 1. The van der Waals surface area contributed by atoms with Crippen LogP contribution in [0.2, 0.25) is 0 Å². The summed E-state index contributed by atoms with van der Waals surface area (Å²) in [4.78, 5) is 6.07. The molecule has 0 spiro atoms. The fourth-order valence-corrected chi connectivity index (χ4v) is 1.91. The molecule has 0 unspecified atom stereocenters. The van der Waals surface area contributed by atoms with E-state index in [4.69, 9.17) is 4.74 Å². The second-order valence-corrected chi connectivity index (χ2v) is 4.62. The number of aromatic amines is 1. The lowest BCUT2D eigenvalue weighted by Gasteiger charge is -2.08. The van der Waals surface area contributed by atoms with E-state index < -0.39 is 11.9 Å². The minimum absolute atomic E-state index is 0.128. The molecule has 0 atom stereocenters. The zero-order valence-corrected chi connectivity index (χ0v) is 11.5. The Balaban J connectivity index is 2.44. The van der Waals surface area contributed by atoms with Crippen LogP contribution in [0.25, 0.3) is 11.4 Å². The summed E-state index contributed by atoms with van der Waals surface area (Å²) in [6, 6.07) is 5.05. The van der Waals surface area contributed by atoms with Gasteiger partial charge in [0.25, 0.3) is 0 Å². The molecule has 0 amide bonds. The van der Waals surface area contributed by atoms with Gasteiger partial charge in [0, 0.05) is 10.7 Å². The lowest BCUT2D eigenvalue weighted by molar-refractivity contribution is -0.140. The number of rotatable bonds is 3. The molecule has 2 aromatic rings. The molecule has 0 aliphatic rings. The first kappa shape index (κ1) is 13.9. The number of halogens is 4. The number of hydrogen-bond donors (Lipinski definition) is 1. The van der Waals surface area contributed by atoms with Crippen LogP contribution in [0.1, 0.15) is 12.6 Å². The lowest BCUT2D eigenvalue weighted by Crippen LogP contribution is -2.05. The van der Waals surface area contributed by atoms with Crippen molar-refractivity contribution < 1.29 is 17.9 Å². The van der Waals surface area contributed by atoms with Gasteiger partial charge in [-0.05, 0) is 25.1 Å². The molecule has 7 heteroatoms. The van der Waals surface area contributed by atoms with Gasteiger partial charge in [-0.3, -0.25) is 0 Å². The van der Waals surface area contributed by atoms with Gasteiger partial charge in [-0.1, -0.05) is 15.9 Å². The maximum absolute atomic E-state index is 12.5. The molecule has 0 fully saturated rings. The fraction of sp³-hybridized carbons (Fsp3) is 0.250. The van der Waals surface area contributed by atoms with Crippen molar-refractivity contribution in [2.24, 2.45) is 0 Å². The molecule has 0 radical (unpaired) electrons. The molecule has 19 heavy (non-hydrogen) atoms. The summed E-state index contributed by atoms with van der Waals surface area (Å²) < 4.78 is 43.7. The van der Waals surface area contributed by atoms with Gasteiger partial charge in [0.2, 0.25) is 0 Å². The molecule has 3 nitrogen and oxygen atoms in total. The van der Waals surface area contributed by atoms with E-state index in [9.17, 15) is 13.2 Å². The molecule has 0 saturated heterocycles. The van der Waals surface area contributed by atoms with Crippen molar-refractivity contribution in [3.63, 3.8) is 0 Å². The van der Waals surface area contributed by atoms with Gasteiger partial charge >= 0.3 is 6.18 Å². The highest BCUT2D eigenvalue weighted by molar-refractivity contribution is 9.10. The second kappa shape index (κ2) is 5.24. The Labute approximate surface area is 115 Å². The third kappa shape index (κ3) is 3.09. The highest BCUT2D eigenvalue weighted by Crippen LogP contribution is 2.34. The van der Waals surface area contributed by atoms with Crippen LogP contribution in [-0.4, -0.2) is 16.6 Å². The van der Waals surface area contributed by atoms with E-state index in [2.05, 4.69) is 25.9 Å². The molecule has 2 rings (SSSR count). The Morgan fingerprint density at radius 1 is 1.37 bits per heavy atom. The SMILES string of the molecule is CCOc1cc(Br)ccc1-c1nc(C(F)(F)F)c[nH]1. The van der Waals surface area contributed by atoms with Crippen LogP contribution in [-0.2, 0) is 6.18 Å². The zero-order chi connectivity index (χ0) is 14.0. The molecule has 1 heterocycles. The van der Waals surface area contributed by atoms with E-state index in [1.165, 1.54) is 0 Å². The standard InChI is InChI=1S/C12H10BrF3N2O/c1-2-19-9-5-7(13)3-4-8(9)11-17-6-10(18-11)12(14,15)16/h3-6H,2H2,1H3,(H,17,18). The maximum Gasteiger partial charge on any atom is 0.434 e. The Hall–Kier alpha value is -1.50. The normalized spacial score (nSPS) is 11.6. The Kier molecular flexibility index (Phi) is 3.84. The molecule has 1 aromatic heterocycles. The molecule has 1 aromatic carbocycles. The van der Waals surface area contributed by atoms with Crippen molar-refractivity contribution in [2.75, 3.05) is 6.61 Å². The summed E-state index contributed by atoms with van der Waals surface area (Å²) in [6.45, 7) is 2.21. The van der Waals surface area contributed by atoms with Crippen LogP contribution >= 0.6 is 15.9 Å². The van der Waals surface area contributed by atoms with E-state index in [0.717, 1.165) is 10.7 Å². The molecule has 0 aliphatic carbocycles. The van der Waals surface area contributed by atoms with E-state index in [1.54, 1.807) is 25.1 Å². The Bertz CT molecular complexity index is 581. The van der Waals surface area contributed by atoms with Crippen molar-refractivity contribution >= 4 is 15.9 Å². The lowest BCUT2D eigenvalue weighted by atomic mass is 10.2. The van der Waals surface area contributed by atoms with E-state index >= 15 is 0 Å². The van der Waals surface area contributed by atoms with E-state index in [-0.39, 0.29) is 5.82 Å². The quantitative estimate of drug-likeness (QED) is 0.910. The fourth-order valence-electron chi connectivity index (χ4n) is 1.57. The topological polar surface area (TPSA) is 37.9 Å².